The second kappa shape index (κ2) is 2.83. The molecule has 0 unspecified atom stereocenters. The summed E-state index contributed by atoms with van der Waals surface area (Å²) in [5, 5.41) is 12.0. The van der Waals surface area contributed by atoms with Crippen LogP contribution < -0.4 is 5.32 Å². The molecule has 3 nitrogen and oxygen atoms in total. The Balaban J connectivity index is 2.24. The minimum Gasteiger partial charge on any atom is -0.307 e. The van der Waals surface area contributed by atoms with E-state index >= 15 is 0 Å². The lowest BCUT2D eigenvalue weighted by Gasteiger charge is -2.33. The molecule has 0 atom stereocenters. The molecule has 0 radical (unpaired) electrons. The molecule has 1 aliphatic rings. The zero-order chi connectivity index (χ0) is 10.5. The van der Waals surface area contributed by atoms with Crippen molar-refractivity contribution in [3.63, 3.8) is 0 Å². The zero-order valence-electron chi connectivity index (χ0n) is 9.09. The van der Waals surface area contributed by atoms with Crippen molar-refractivity contribution in [2.75, 3.05) is 0 Å². The first-order chi connectivity index (χ1) is 7.16. The van der Waals surface area contributed by atoms with E-state index in [1.807, 2.05) is 6.20 Å². The molecule has 3 rings (SSSR count). The van der Waals surface area contributed by atoms with Crippen molar-refractivity contribution < 1.29 is 0 Å². The third-order valence-electron chi connectivity index (χ3n) is 3.21. The number of fused-ring (bicyclic) bond motifs is 3. The predicted octanol–water partition coefficient (Wildman–Crippen LogP) is 1.99. The van der Waals surface area contributed by atoms with E-state index in [0.29, 0.717) is 0 Å². The van der Waals surface area contributed by atoms with E-state index in [9.17, 15) is 0 Å². The number of rotatable bonds is 0. The number of benzene rings is 1. The highest BCUT2D eigenvalue weighted by Gasteiger charge is 2.25. The normalized spacial score (nSPS) is 19.1. The second-order valence-corrected chi connectivity index (χ2v) is 4.95. The van der Waals surface area contributed by atoms with Gasteiger partial charge in [-0.05, 0) is 37.5 Å². The molecule has 1 aromatic carbocycles. The van der Waals surface area contributed by atoms with E-state index in [1.165, 1.54) is 16.5 Å². The standard InChI is InChI=1S/C12H15N3/c1-12(2)5-9-8(6-13-12)3-4-11-10(9)7-14-15-11/h3-4,7,13H,5-6H2,1-2H3,(H,14,15). The van der Waals surface area contributed by atoms with Gasteiger partial charge in [0.05, 0.1) is 11.7 Å². The Labute approximate surface area is 88.9 Å². The van der Waals surface area contributed by atoms with Crippen molar-refractivity contribution in [2.45, 2.75) is 32.4 Å². The van der Waals surface area contributed by atoms with Crippen molar-refractivity contribution in [3.8, 4) is 0 Å². The fourth-order valence-corrected chi connectivity index (χ4v) is 2.33. The van der Waals surface area contributed by atoms with E-state index in [1.54, 1.807) is 0 Å². The topological polar surface area (TPSA) is 40.7 Å². The van der Waals surface area contributed by atoms with Gasteiger partial charge in [-0.25, -0.2) is 0 Å². The lowest BCUT2D eigenvalue weighted by atomic mass is 9.86. The molecule has 3 heteroatoms. The molecular formula is C12H15N3. The molecule has 78 valence electrons. The van der Waals surface area contributed by atoms with Crippen LogP contribution in [0, 0.1) is 0 Å². The largest absolute Gasteiger partial charge is 0.307 e. The highest BCUT2D eigenvalue weighted by molar-refractivity contribution is 5.83. The molecule has 2 heterocycles. The van der Waals surface area contributed by atoms with Crippen LogP contribution in [0.3, 0.4) is 0 Å². The van der Waals surface area contributed by atoms with Crippen molar-refractivity contribution >= 4 is 10.9 Å². The lowest BCUT2D eigenvalue weighted by Crippen LogP contribution is -2.44. The van der Waals surface area contributed by atoms with Crippen LogP contribution >= 0.6 is 0 Å². The van der Waals surface area contributed by atoms with Gasteiger partial charge in [-0.1, -0.05) is 6.07 Å². The van der Waals surface area contributed by atoms with Crippen LogP contribution in [0.2, 0.25) is 0 Å². The molecule has 15 heavy (non-hydrogen) atoms. The number of nitrogens with one attached hydrogen (secondary N) is 2. The fraction of sp³-hybridized carbons (Fsp3) is 0.417. The van der Waals surface area contributed by atoms with E-state index in [2.05, 4.69) is 41.5 Å². The molecule has 2 N–H and O–H groups in total. The number of hydrogen-bond donors (Lipinski definition) is 2. The first-order valence-corrected chi connectivity index (χ1v) is 5.35. The van der Waals surface area contributed by atoms with E-state index in [-0.39, 0.29) is 5.54 Å². The van der Waals surface area contributed by atoms with Crippen LogP contribution in [0.15, 0.2) is 18.3 Å². The summed E-state index contributed by atoms with van der Waals surface area (Å²) in [5.41, 5.74) is 4.19. The van der Waals surface area contributed by atoms with Crippen LogP contribution in [-0.4, -0.2) is 15.7 Å². The Morgan fingerprint density at radius 2 is 2.20 bits per heavy atom. The summed E-state index contributed by atoms with van der Waals surface area (Å²) in [7, 11) is 0. The number of aromatic nitrogens is 2. The Morgan fingerprint density at radius 3 is 3.07 bits per heavy atom. The minimum absolute atomic E-state index is 0.193. The second-order valence-electron chi connectivity index (χ2n) is 4.95. The first kappa shape index (κ1) is 8.92. The van der Waals surface area contributed by atoms with Crippen molar-refractivity contribution in [1.29, 1.82) is 0 Å². The molecule has 0 saturated heterocycles. The van der Waals surface area contributed by atoms with Gasteiger partial charge in [0.1, 0.15) is 0 Å². The highest BCUT2D eigenvalue weighted by atomic mass is 15.1. The number of nitrogens with zero attached hydrogens (tertiary/aromatic N) is 1. The van der Waals surface area contributed by atoms with Crippen molar-refractivity contribution in [2.24, 2.45) is 0 Å². The molecule has 0 amide bonds. The smallest absolute Gasteiger partial charge is 0.0653 e. The van der Waals surface area contributed by atoms with Crippen LogP contribution in [-0.2, 0) is 13.0 Å². The molecule has 1 aromatic heterocycles. The van der Waals surface area contributed by atoms with Gasteiger partial charge >= 0.3 is 0 Å². The average Bonchev–Trinajstić information content (AvgIpc) is 2.64. The Bertz CT molecular complexity index is 511. The molecule has 1 aliphatic heterocycles. The van der Waals surface area contributed by atoms with Gasteiger partial charge in [0.25, 0.3) is 0 Å². The molecule has 2 aromatic rings. The van der Waals surface area contributed by atoms with Gasteiger partial charge in [0, 0.05) is 17.5 Å². The quantitative estimate of drug-likeness (QED) is 0.684. The number of aromatic amines is 1. The van der Waals surface area contributed by atoms with Crippen LogP contribution in [0.25, 0.3) is 10.9 Å². The average molecular weight is 201 g/mol. The maximum absolute atomic E-state index is 4.11. The summed E-state index contributed by atoms with van der Waals surface area (Å²) in [5.74, 6) is 0. The van der Waals surface area contributed by atoms with Gasteiger partial charge in [0.2, 0.25) is 0 Å². The summed E-state index contributed by atoms with van der Waals surface area (Å²) in [6.07, 6.45) is 3.01. The maximum atomic E-state index is 4.11. The Morgan fingerprint density at radius 1 is 1.33 bits per heavy atom. The summed E-state index contributed by atoms with van der Waals surface area (Å²) in [6, 6.07) is 4.30. The zero-order valence-corrected chi connectivity index (χ0v) is 9.09. The molecule has 0 saturated carbocycles. The molecule has 0 aliphatic carbocycles. The number of H-pyrrole nitrogens is 1. The van der Waals surface area contributed by atoms with E-state index < -0.39 is 0 Å². The van der Waals surface area contributed by atoms with Gasteiger partial charge in [-0.3, -0.25) is 5.10 Å². The molecular weight excluding hydrogens is 186 g/mol. The predicted molar refractivity (Wildman–Crippen MR) is 60.7 cm³/mol. The van der Waals surface area contributed by atoms with Crippen LogP contribution in [0.1, 0.15) is 25.0 Å². The van der Waals surface area contributed by atoms with Gasteiger partial charge in [-0.15, -0.1) is 0 Å². The summed E-state index contributed by atoms with van der Waals surface area (Å²) in [4.78, 5) is 0. The van der Waals surface area contributed by atoms with Gasteiger partial charge in [0.15, 0.2) is 0 Å². The van der Waals surface area contributed by atoms with Crippen molar-refractivity contribution in [1.82, 2.24) is 15.5 Å². The minimum atomic E-state index is 0.193. The van der Waals surface area contributed by atoms with E-state index in [4.69, 9.17) is 0 Å². The van der Waals surface area contributed by atoms with E-state index in [0.717, 1.165) is 18.5 Å². The Kier molecular flexibility index (Phi) is 1.68. The maximum Gasteiger partial charge on any atom is 0.0653 e. The summed E-state index contributed by atoms with van der Waals surface area (Å²) >= 11 is 0. The Hall–Kier alpha value is -1.35. The number of hydrogen-bond acceptors (Lipinski definition) is 2. The summed E-state index contributed by atoms with van der Waals surface area (Å²) < 4.78 is 0. The van der Waals surface area contributed by atoms with Crippen LogP contribution in [0.4, 0.5) is 0 Å². The lowest BCUT2D eigenvalue weighted by molar-refractivity contribution is 0.364. The fourth-order valence-electron chi connectivity index (χ4n) is 2.33. The summed E-state index contributed by atoms with van der Waals surface area (Å²) in [6.45, 7) is 5.45. The first-order valence-electron chi connectivity index (χ1n) is 5.35. The SMILES string of the molecule is CC1(C)Cc2c(ccc3[nH]ncc23)CN1. The monoisotopic (exact) mass is 201 g/mol. The highest BCUT2D eigenvalue weighted by Crippen LogP contribution is 2.28. The molecule has 0 spiro atoms. The molecule has 0 fully saturated rings. The van der Waals surface area contributed by atoms with Gasteiger partial charge in [-0.2, -0.15) is 5.10 Å². The van der Waals surface area contributed by atoms with Gasteiger partial charge < -0.3 is 5.32 Å². The van der Waals surface area contributed by atoms with Crippen LogP contribution in [0.5, 0.6) is 0 Å². The van der Waals surface area contributed by atoms with Crippen molar-refractivity contribution in [3.05, 3.63) is 29.5 Å². The molecule has 0 bridgehead atoms. The third kappa shape index (κ3) is 1.35. The third-order valence-corrected chi connectivity index (χ3v) is 3.21.